The van der Waals surface area contributed by atoms with Gasteiger partial charge in [0.2, 0.25) is 0 Å². The number of fused-ring (bicyclic) bond motifs is 4. The van der Waals surface area contributed by atoms with E-state index in [4.69, 9.17) is 0 Å². The summed E-state index contributed by atoms with van der Waals surface area (Å²) in [6.07, 6.45) is 0. The van der Waals surface area contributed by atoms with Crippen molar-refractivity contribution < 1.29 is 9.59 Å². The molecule has 1 aliphatic rings. The molecule has 3 nitrogen and oxygen atoms in total. The third-order valence-corrected chi connectivity index (χ3v) is 7.23. The quantitative estimate of drug-likeness (QED) is 0.247. The smallest absolute Gasteiger partial charge is 0.196 e. The average Bonchev–Trinajstić information content (AvgIpc) is 2.87. The molecular formula is C30H22O3S. The van der Waals surface area contributed by atoms with Crippen LogP contribution in [0.25, 0.3) is 20.2 Å². The molecule has 166 valence electrons. The van der Waals surface area contributed by atoms with Crippen LogP contribution in [0, 0.1) is 0 Å². The minimum absolute atomic E-state index is 0.0641. The fourth-order valence-electron chi connectivity index (χ4n) is 4.40. The van der Waals surface area contributed by atoms with Gasteiger partial charge in [0.1, 0.15) is 0 Å². The van der Waals surface area contributed by atoms with E-state index in [1.807, 2.05) is 36.4 Å². The van der Waals surface area contributed by atoms with Gasteiger partial charge in [0.25, 0.3) is 0 Å². The molecule has 4 aromatic carbocycles. The maximum Gasteiger partial charge on any atom is 0.196 e. The molecule has 1 heterocycles. The molecule has 0 atom stereocenters. The summed E-state index contributed by atoms with van der Waals surface area (Å²) in [4.78, 5) is 36.8. The molecule has 0 unspecified atom stereocenters. The first kappa shape index (κ1) is 21.9. The number of ketones is 2. The molecule has 0 radical (unpaired) electrons. The summed E-state index contributed by atoms with van der Waals surface area (Å²) in [5, 5.41) is 1.74. The van der Waals surface area contributed by atoms with Crippen LogP contribution in [0.15, 0.2) is 95.8 Å². The number of rotatable bonds is 1. The van der Waals surface area contributed by atoms with E-state index in [-0.39, 0.29) is 17.0 Å². The molecule has 0 fully saturated rings. The van der Waals surface area contributed by atoms with Gasteiger partial charge in [0, 0.05) is 42.4 Å². The van der Waals surface area contributed by atoms with Gasteiger partial charge in [-0.05, 0) is 29.7 Å². The second-order valence-corrected chi connectivity index (χ2v) is 9.64. The van der Waals surface area contributed by atoms with Gasteiger partial charge in [0.05, 0.1) is 0 Å². The van der Waals surface area contributed by atoms with E-state index in [1.165, 1.54) is 0 Å². The summed E-state index contributed by atoms with van der Waals surface area (Å²) in [5.41, 5.74) is 3.35. The SMILES string of the molecule is CC(C)c1cccc2sc3ccccc3c(=O)c12.O=C1c2ccccc2C(=O)c2ccccc21. The van der Waals surface area contributed by atoms with Crippen LogP contribution in [0.2, 0.25) is 0 Å². The van der Waals surface area contributed by atoms with Crippen molar-refractivity contribution in [3.63, 3.8) is 0 Å². The Kier molecular flexibility index (Phi) is 5.68. The van der Waals surface area contributed by atoms with Gasteiger partial charge in [-0.25, -0.2) is 0 Å². The monoisotopic (exact) mass is 462 g/mol. The highest BCUT2D eigenvalue weighted by molar-refractivity contribution is 7.24. The lowest BCUT2D eigenvalue weighted by atomic mass is 9.84. The highest BCUT2D eigenvalue weighted by atomic mass is 32.1. The molecule has 0 saturated carbocycles. The molecule has 34 heavy (non-hydrogen) atoms. The van der Waals surface area contributed by atoms with Crippen molar-refractivity contribution in [2.45, 2.75) is 19.8 Å². The lowest BCUT2D eigenvalue weighted by Gasteiger charge is -2.16. The maximum absolute atomic E-state index is 12.6. The molecule has 6 rings (SSSR count). The number of benzene rings is 4. The fraction of sp³-hybridized carbons (Fsp3) is 0.100. The molecule has 0 saturated heterocycles. The standard InChI is InChI=1S/C16H14OS.C14H8O2/c1-10(2)11-7-5-9-14-15(11)16(17)12-6-3-4-8-13(12)18-14;15-13-9-5-1-2-6-10(9)14(16)12-8-4-3-7-11(12)13/h3-10H,1-2H3;1-8H. The van der Waals surface area contributed by atoms with Crippen molar-refractivity contribution in [2.24, 2.45) is 0 Å². The molecule has 0 amide bonds. The van der Waals surface area contributed by atoms with Crippen molar-refractivity contribution in [3.05, 3.63) is 129 Å². The zero-order chi connectivity index (χ0) is 23.8. The normalized spacial score (nSPS) is 12.3. The van der Waals surface area contributed by atoms with Gasteiger partial charge >= 0.3 is 0 Å². The first-order valence-corrected chi connectivity index (χ1v) is 12.0. The predicted molar refractivity (Wildman–Crippen MR) is 139 cm³/mol. The van der Waals surface area contributed by atoms with Crippen molar-refractivity contribution in [1.29, 1.82) is 0 Å². The Morgan fingerprint density at radius 3 is 1.56 bits per heavy atom. The van der Waals surface area contributed by atoms with Crippen LogP contribution in [0.3, 0.4) is 0 Å². The number of hydrogen-bond acceptors (Lipinski definition) is 4. The Morgan fingerprint density at radius 2 is 1.03 bits per heavy atom. The Bertz CT molecular complexity index is 1540. The zero-order valence-corrected chi connectivity index (χ0v) is 19.7. The van der Waals surface area contributed by atoms with Crippen LogP contribution >= 0.6 is 11.3 Å². The Labute approximate surface area is 201 Å². The molecule has 4 heteroatoms. The van der Waals surface area contributed by atoms with E-state index >= 15 is 0 Å². The van der Waals surface area contributed by atoms with Crippen LogP contribution in [-0.4, -0.2) is 11.6 Å². The minimum Gasteiger partial charge on any atom is -0.289 e. The van der Waals surface area contributed by atoms with Gasteiger partial charge in [-0.15, -0.1) is 11.3 Å². The maximum atomic E-state index is 12.6. The lowest BCUT2D eigenvalue weighted by Crippen LogP contribution is -2.20. The summed E-state index contributed by atoms with van der Waals surface area (Å²) < 4.78 is 2.15. The van der Waals surface area contributed by atoms with E-state index in [0.29, 0.717) is 28.2 Å². The van der Waals surface area contributed by atoms with Crippen LogP contribution in [0.5, 0.6) is 0 Å². The number of carbonyl (C=O) groups excluding carboxylic acids is 2. The minimum atomic E-state index is -0.0641. The lowest BCUT2D eigenvalue weighted by molar-refractivity contribution is 0.0979. The molecule has 0 aliphatic heterocycles. The van der Waals surface area contributed by atoms with Crippen LogP contribution in [0.4, 0.5) is 0 Å². The highest BCUT2D eigenvalue weighted by Gasteiger charge is 2.28. The van der Waals surface area contributed by atoms with E-state index < -0.39 is 0 Å². The Morgan fingerprint density at radius 1 is 0.559 bits per heavy atom. The summed E-state index contributed by atoms with van der Waals surface area (Å²) >= 11 is 1.70. The summed E-state index contributed by atoms with van der Waals surface area (Å²) in [6.45, 7) is 4.27. The number of hydrogen-bond donors (Lipinski definition) is 0. The highest BCUT2D eigenvalue weighted by Crippen LogP contribution is 2.29. The summed E-state index contributed by atoms with van der Waals surface area (Å²) in [6, 6.07) is 27.9. The Balaban J connectivity index is 0.000000142. The molecular weight excluding hydrogens is 440 g/mol. The van der Waals surface area contributed by atoms with Gasteiger partial charge in [-0.1, -0.05) is 86.6 Å². The van der Waals surface area contributed by atoms with Crippen molar-refractivity contribution in [1.82, 2.24) is 0 Å². The molecule has 1 aromatic heterocycles. The molecule has 0 spiro atoms. The topological polar surface area (TPSA) is 51.2 Å². The Hall–Kier alpha value is -3.89. The van der Waals surface area contributed by atoms with Gasteiger partial charge in [0.15, 0.2) is 17.0 Å². The van der Waals surface area contributed by atoms with Crippen molar-refractivity contribution in [2.75, 3.05) is 0 Å². The van der Waals surface area contributed by atoms with Crippen LogP contribution in [-0.2, 0) is 0 Å². The molecule has 1 aliphatic carbocycles. The summed E-state index contributed by atoms with van der Waals surface area (Å²) in [5.74, 6) is 0.242. The second kappa shape index (κ2) is 8.81. The molecule has 0 N–H and O–H groups in total. The zero-order valence-electron chi connectivity index (χ0n) is 18.9. The van der Waals surface area contributed by atoms with E-state index in [1.54, 1.807) is 59.9 Å². The van der Waals surface area contributed by atoms with Crippen molar-refractivity contribution in [3.8, 4) is 0 Å². The molecule has 0 bridgehead atoms. The summed E-state index contributed by atoms with van der Waals surface area (Å²) in [7, 11) is 0. The largest absolute Gasteiger partial charge is 0.289 e. The van der Waals surface area contributed by atoms with Gasteiger partial charge in [-0.2, -0.15) is 0 Å². The molecule has 5 aromatic rings. The first-order chi connectivity index (χ1) is 16.5. The third kappa shape index (κ3) is 3.66. The van der Waals surface area contributed by atoms with Crippen molar-refractivity contribution >= 4 is 43.1 Å². The van der Waals surface area contributed by atoms with Gasteiger partial charge in [-0.3, -0.25) is 14.4 Å². The second-order valence-electron chi connectivity index (χ2n) is 8.55. The number of carbonyl (C=O) groups is 2. The van der Waals surface area contributed by atoms with E-state index in [2.05, 4.69) is 19.9 Å². The first-order valence-electron chi connectivity index (χ1n) is 11.2. The average molecular weight is 463 g/mol. The van der Waals surface area contributed by atoms with E-state index in [0.717, 1.165) is 25.7 Å². The predicted octanol–water partition coefficient (Wildman–Crippen LogP) is 7.00. The van der Waals surface area contributed by atoms with E-state index in [9.17, 15) is 14.4 Å². The third-order valence-electron chi connectivity index (χ3n) is 6.09. The van der Waals surface area contributed by atoms with Gasteiger partial charge < -0.3 is 0 Å². The fourth-order valence-corrected chi connectivity index (χ4v) is 5.52. The van der Waals surface area contributed by atoms with Crippen LogP contribution < -0.4 is 5.43 Å². The van der Waals surface area contributed by atoms with Crippen LogP contribution in [0.1, 0.15) is 57.2 Å².